The van der Waals surface area contributed by atoms with Crippen LogP contribution in [0.5, 0.6) is 0 Å². The Bertz CT molecular complexity index is 1070. The maximum absolute atomic E-state index is 14.5. The van der Waals surface area contributed by atoms with Crippen LogP contribution in [0, 0.1) is 11.8 Å². The molecule has 3 fully saturated rings. The zero-order chi connectivity index (χ0) is 24.5. The Hall–Kier alpha value is -2.27. The predicted molar refractivity (Wildman–Crippen MR) is 139 cm³/mol. The Morgan fingerprint density at radius 2 is 1.89 bits per heavy atom. The van der Waals surface area contributed by atoms with Gasteiger partial charge < -0.3 is 10.2 Å². The van der Waals surface area contributed by atoms with Crippen molar-refractivity contribution in [2.24, 2.45) is 11.8 Å². The highest BCUT2D eigenvalue weighted by molar-refractivity contribution is 5.82. The first-order chi connectivity index (χ1) is 17.7. The van der Waals surface area contributed by atoms with E-state index >= 15 is 0 Å². The molecular formula is C31H41FN3O+. The minimum absolute atomic E-state index is 0.0412. The number of aromatic nitrogens is 1. The number of alkyl halides is 1. The number of halogens is 1. The number of hydrogen-bond donors (Lipinski definition) is 1. The second-order valence-electron chi connectivity index (χ2n) is 11.8. The van der Waals surface area contributed by atoms with Crippen LogP contribution in [0.1, 0.15) is 86.2 Å². The SMILES string of the molecule is O=C([C@@H]1CNC[C@]12CCCc1[nH+]c(CF)ccc12)N1CC[C@@H](c2ccccc2)C[C@H]1C1CCCCC1. The molecule has 0 unspecified atom stereocenters. The molecule has 4 nitrogen and oxygen atoms in total. The van der Waals surface area contributed by atoms with Crippen molar-refractivity contribution in [1.82, 2.24) is 10.2 Å². The van der Waals surface area contributed by atoms with Crippen LogP contribution in [0.4, 0.5) is 4.39 Å². The van der Waals surface area contributed by atoms with E-state index in [0.29, 0.717) is 29.5 Å². The normalized spacial score (nSPS) is 30.9. The summed E-state index contributed by atoms with van der Waals surface area (Å²) in [6.45, 7) is 1.99. The Balaban J connectivity index is 1.30. The molecule has 192 valence electrons. The van der Waals surface area contributed by atoms with Crippen molar-refractivity contribution in [3.8, 4) is 0 Å². The zero-order valence-corrected chi connectivity index (χ0v) is 21.5. The molecule has 2 aromatic rings. The van der Waals surface area contributed by atoms with Gasteiger partial charge in [-0.1, -0.05) is 49.6 Å². The lowest BCUT2D eigenvalue weighted by Gasteiger charge is -2.47. The summed E-state index contributed by atoms with van der Waals surface area (Å²) in [6, 6.07) is 15.3. The van der Waals surface area contributed by atoms with E-state index in [0.717, 1.165) is 57.4 Å². The number of fused-ring (bicyclic) bond motifs is 2. The molecule has 1 aromatic heterocycles. The fourth-order valence-electron chi connectivity index (χ4n) is 8.14. The quantitative estimate of drug-likeness (QED) is 0.647. The summed E-state index contributed by atoms with van der Waals surface area (Å²) in [5, 5.41) is 3.62. The summed E-state index contributed by atoms with van der Waals surface area (Å²) in [5.74, 6) is 1.49. The first-order valence-corrected chi connectivity index (χ1v) is 14.4. The largest absolute Gasteiger partial charge is 0.339 e. The number of piperidine rings is 1. The summed E-state index contributed by atoms with van der Waals surface area (Å²) >= 11 is 0. The molecule has 1 amide bonds. The van der Waals surface area contributed by atoms with E-state index in [-0.39, 0.29) is 11.3 Å². The van der Waals surface area contributed by atoms with Crippen LogP contribution < -0.4 is 10.3 Å². The van der Waals surface area contributed by atoms with Crippen molar-refractivity contribution in [2.75, 3.05) is 19.6 Å². The van der Waals surface area contributed by atoms with Gasteiger partial charge in [-0.25, -0.2) is 9.37 Å². The van der Waals surface area contributed by atoms with Crippen molar-refractivity contribution >= 4 is 5.91 Å². The third kappa shape index (κ3) is 4.27. The van der Waals surface area contributed by atoms with Gasteiger partial charge in [0.15, 0.2) is 12.4 Å². The highest BCUT2D eigenvalue weighted by atomic mass is 19.1. The van der Waals surface area contributed by atoms with Crippen LogP contribution >= 0.6 is 0 Å². The smallest absolute Gasteiger partial charge is 0.228 e. The van der Waals surface area contributed by atoms with Crippen molar-refractivity contribution in [3.05, 3.63) is 65.0 Å². The van der Waals surface area contributed by atoms with E-state index < -0.39 is 6.67 Å². The van der Waals surface area contributed by atoms with E-state index in [1.807, 2.05) is 6.07 Å². The number of amides is 1. The maximum atomic E-state index is 14.5. The number of pyridine rings is 1. The van der Waals surface area contributed by atoms with E-state index in [9.17, 15) is 9.18 Å². The van der Waals surface area contributed by atoms with Gasteiger partial charge in [0.25, 0.3) is 0 Å². The van der Waals surface area contributed by atoms with Gasteiger partial charge in [-0.05, 0) is 62.0 Å². The lowest BCUT2D eigenvalue weighted by molar-refractivity contribution is -0.407. The fourth-order valence-corrected chi connectivity index (χ4v) is 8.14. The third-order valence-electron chi connectivity index (χ3n) is 9.96. The average Bonchev–Trinajstić information content (AvgIpc) is 3.37. The Morgan fingerprint density at radius 1 is 1.06 bits per heavy atom. The fraction of sp³-hybridized carbons (Fsp3) is 0.613. The lowest BCUT2D eigenvalue weighted by atomic mass is 9.64. The number of nitrogens with zero attached hydrogens (tertiary/aromatic N) is 1. The van der Waals surface area contributed by atoms with E-state index in [1.165, 1.54) is 43.2 Å². The molecule has 2 N–H and O–H groups in total. The molecule has 4 aliphatic rings. The Kier molecular flexibility index (Phi) is 6.85. The van der Waals surface area contributed by atoms with Crippen LogP contribution in [-0.2, 0) is 23.3 Å². The number of carbonyl (C=O) groups excluding carboxylic acids is 1. The molecule has 0 radical (unpaired) electrons. The number of H-pyrrole nitrogens is 1. The van der Waals surface area contributed by atoms with Gasteiger partial charge in [-0.2, -0.15) is 0 Å². The van der Waals surface area contributed by atoms with Gasteiger partial charge in [0.05, 0.1) is 5.92 Å². The summed E-state index contributed by atoms with van der Waals surface area (Å²) in [6.07, 6.45) is 11.6. The van der Waals surface area contributed by atoms with E-state index in [4.69, 9.17) is 0 Å². The van der Waals surface area contributed by atoms with Crippen molar-refractivity contribution < 1.29 is 14.2 Å². The molecule has 5 heteroatoms. The molecule has 3 heterocycles. The molecular weight excluding hydrogens is 449 g/mol. The minimum Gasteiger partial charge on any atom is -0.339 e. The topological polar surface area (TPSA) is 46.5 Å². The molecule has 36 heavy (non-hydrogen) atoms. The Morgan fingerprint density at radius 3 is 2.69 bits per heavy atom. The number of carbonyl (C=O) groups is 1. The first kappa shape index (κ1) is 24.1. The van der Waals surface area contributed by atoms with Gasteiger partial charge in [-0.3, -0.25) is 4.79 Å². The Labute approximate surface area is 215 Å². The molecule has 1 spiro atoms. The van der Waals surface area contributed by atoms with Gasteiger partial charge in [0.1, 0.15) is 0 Å². The summed E-state index contributed by atoms with van der Waals surface area (Å²) in [7, 11) is 0. The van der Waals surface area contributed by atoms with Crippen LogP contribution in [0.3, 0.4) is 0 Å². The lowest BCUT2D eigenvalue weighted by Crippen LogP contribution is -2.55. The molecule has 6 rings (SSSR count). The van der Waals surface area contributed by atoms with E-state index in [1.54, 1.807) is 0 Å². The number of hydrogen-bond acceptors (Lipinski definition) is 2. The monoisotopic (exact) mass is 490 g/mol. The van der Waals surface area contributed by atoms with Gasteiger partial charge in [-0.15, -0.1) is 0 Å². The standard InChI is InChI=1S/C31H40FN3O/c32-19-25-13-14-26-28(34-25)12-7-16-31(26)21-33-20-27(31)30(36)35-17-15-24(22-8-3-1-4-9-22)18-29(35)23-10-5-2-6-11-23/h1,3-4,8-9,13-14,23-24,27,29,33H,2,5-7,10-12,15-21H2/p+1/t24-,27+,29+,31+/m1/s1. The molecule has 2 aliphatic carbocycles. The number of likely N-dealkylation sites (tertiary alicyclic amines) is 1. The number of nitrogens with one attached hydrogen (secondary N) is 2. The second-order valence-corrected chi connectivity index (χ2v) is 11.8. The molecule has 1 saturated carbocycles. The van der Waals surface area contributed by atoms with Gasteiger partial charge >= 0.3 is 0 Å². The molecule has 1 aromatic carbocycles. The number of benzene rings is 1. The first-order valence-electron chi connectivity index (χ1n) is 14.4. The number of aryl methyl sites for hydroxylation is 1. The molecule has 4 atom stereocenters. The predicted octanol–water partition coefficient (Wildman–Crippen LogP) is 5.12. The minimum atomic E-state index is -0.472. The van der Waals surface area contributed by atoms with Gasteiger partial charge in [0, 0.05) is 49.1 Å². The maximum Gasteiger partial charge on any atom is 0.228 e. The van der Waals surface area contributed by atoms with Gasteiger partial charge in [0.2, 0.25) is 11.6 Å². The highest BCUT2D eigenvalue weighted by Gasteiger charge is 2.53. The van der Waals surface area contributed by atoms with E-state index in [2.05, 4.69) is 51.6 Å². The number of rotatable bonds is 4. The summed E-state index contributed by atoms with van der Waals surface area (Å²) in [5.41, 5.74) is 4.29. The second kappa shape index (κ2) is 10.2. The molecule has 2 aliphatic heterocycles. The van der Waals surface area contributed by atoms with Crippen LogP contribution in [-0.4, -0.2) is 36.5 Å². The van der Waals surface area contributed by atoms with Crippen molar-refractivity contribution in [1.29, 1.82) is 0 Å². The van der Waals surface area contributed by atoms with Crippen molar-refractivity contribution in [2.45, 2.75) is 88.3 Å². The zero-order valence-electron chi connectivity index (χ0n) is 21.5. The van der Waals surface area contributed by atoms with Crippen molar-refractivity contribution in [3.63, 3.8) is 0 Å². The summed E-state index contributed by atoms with van der Waals surface area (Å²) in [4.78, 5) is 20.2. The molecule has 0 bridgehead atoms. The molecule has 2 saturated heterocycles. The third-order valence-corrected chi connectivity index (χ3v) is 9.96. The van der Waals surface area contributed by atoms with Crippen LogP contribution in [0.2, 0.25) is 0 Å². The number of aromatic amines is 1. The average molecular weight is 491 g/mol. The highest BCUT2D eigenvalue weighted by Crippen LogP contribution is 2.47. The van der Waals surface area contributed by atoms with Crippen LogP contribution in [0.25, 0.3) is 0 Å². The summed E-state index contributed by atoms with van der Waals surface area (Å²) < 4.78 is 13.4. The van der Waals surface area contributed by atoms with Crippen LogP contribution in [0.15, 0.2) is 42.5 Å².